The van der Waals surface area contributed by atoms with E-state index in [0.29, 0.717) is 38.5 Å². The van der Waals surface area contributed by atoms with Crippen molar-refractivity contribution in [3.05, 3.63) is 28.8 Å². The number of nitrogen functional groups attached to an aromatic ring is 1. The second-order valence-corrected chi connectivity index (χ2v) is 10.7. The third-order valence-electron chi connectivity index (χ3n) is 8.12. The minimum Gasteiger partial charge on any atom is -0.472 e. The molecular weight excluding hydrogens is 539 g/mol. The van der Waals surface area contributed by atoms with Crippen molar-refractivity contribution in [2.24, 2.45) is 0 Å². The van der Waals surface area contributed by atoms with E-state index in [-0.39, 0.29) is 34.7 Å². The van der Waals surface area contributed by atoms with E-state index < -0.39 is 63.7 Å². The van der Waals surface area contributed by atoms with E-state index in [4.69, 9.17) is 15.2 Å². The zero-order valence-corrected chi connectivity index (χ0v) is 21.9. The number of aliphatic hydroxyl groups excluding tert-OH is 1. The summed E-state index contributed by atoms with van der Waals surface area (Å²) in [5.41, 5.74) is 0.0137. The zero-order chi connectivity index (χ0) is 28.7. The Balaban J connectivity index is 1.66. The molecule has 1 saturated carbocycles. The molecule has 0 spiro atoms. The van der Waals surface area contributed by atoms with Crippen molar-refractivity contribution in [1.29, 1.82) is 0 Å². The van der Waals surface area contributed by atoms with Crippen LogP contribution in [0, 0.1) is 18.6 Å². The summed E-state index contributed by atoms with van der Waals surface area (Å²) in [6.45, 7) is 5.92. The number of nitrogens with zero attached hydrogens (tertiary/aromatic N) is 4. The standard InChI is InChI=1S/C26H27F5N6O3/c1-10-17(26(29,30)31)12(8-13(32)18(10)27)20-19(28)21-16-22(36-24(35-21)40-25(3)5-4-15(25)38)37-7-6-33-9-14(37)11(2)39-23(16)34-20/h8,11,14-15,33,38H,4-7,9,32H2,1-3H3/t11-,14-,15-,25+/m0/s1. The number of aromatic nitrogens is 3. The molecule has 2 fully saturated rings. The minimum atomic E-state index is -5.05. The number of nitrogens with two attached hydrogens (primary N) is 1. The summed E-state index contributed by atoms with van der Waals surface area (Å²) in [6, 6.07) is 0.191. The first kappa shape index (κ1) is 26.7. The van der Waals surface area contributed by atoms with Crippen LogP contribution in [0.15, 0.2) is 6.07 Å². The largest absolute Gasteiger partial charge is 0.472 e. The molecule has 1 aromatic carbocycles. The molecule has 9 nitrogen and oxygen atoms in total. The van der Waals surface area contributed by atoms with Crippen molar-refractivity contribution in [3.63, 3.8) is 0 Å². The van der Waals surface area contributed by atoms with Crippen LogP contribution in [0.5, 0.6) is 11.9 Å². The molecular formula is C26H27F5N6O3. The van der Waals surface area contributed by atoms with Crippen LogP contribution in [-0.2, 0) is 6.18 Å². The number of nitrogens with one attached hydrogen (secondary N) is 1. The highest BCUT2D eigenvalue weighted by Gasteiger charge is 2.46. The lowest BCUT2D eigenvalue weighted by Gasteiger charge is -2.43. The third kappa shape index (κ3) is 3.99. The third-order valence-corrected chi connectivity index (χ3v) is 8.12. The summed E-state index contributed by atoms with van der Waals surface area (Å²) < 4.78 is 85.6. The molecule has 4 heterocycles. The van der Waals surface area contributed by atoms with Gasteiger partial charge in [-0.3, -0.25) is 0 Å². The molecule has 0 radical (unpaired) electrons. The van der Waals surface area contributed by atoms with Gasteiger partial charge in [-0.05, 0) is 45.2 Å². The first-order valence-electron chi connectivity index (χ1n) is 12.9. The Morgan fingerprint density at radius 2 is 1.98 bits per heavy atom. The highest BCUT2D eigenvalue weighted by atomic mass is 19.4. The number of ether oxygens (including phenoxy) is 2. The van der Waals surface area contributed by atoms with Gasteiger partial charge >= 0.3 is 12.2 Å². The molecule has 1 saturated heterocycles. The predicted molar refractivity (Wildman–Crippen MR) is 135 cm³/mol. The smallest absolute Gasteiger partial charge is 0.417 e. The van der Waals surface area contributed by atoms with Crippen LogP contribution >= 0.6 is 0 Å². The average Bonchev–Trinajstić information content (AvgIpc) is 3.02. The van der Waals surface area contributed by atoms with Gasteiger partial charge in [-0.1, -0.05) is 0 Å². The Labute approximate surface area is 225 Å². The number of anilines is 2. The number of alkyl halides is 3. The average molecular weight is 567 g/mol. The topological polar surface area (TPSA) is 119 Å². The fourth-order valence-electron chi connectivity index (χ4n) is 5.66. The summed E-state index contributed by atoms with van der Waals surface area (Å²) in [4.78, 5) is 15.0. The highest BCUT2D eigenvalue weighted by Crippen LogP contribution is 2.46. The first-order chi connectivity index (χ1) is 18.8. The number of halogens is 5. The van der Waals surface area contributed by atoms with E-state index in [1.807, 2.05) is 4.90 Å². The van der Waals surface area contributed by atoms with Crippen molar-refractivity contribution in [2.45, 2.75) is 63.6 Å². The Hall–Kier alpha value is -3.52. The summed E-state index contributed by atoms with van der Waals surface area (Å²) in [5.74, 6) is -2.37. The van der Waals surface area contributed by atoms with Crippen LogP contribution in [0.2, 0.25) is 0 Å². The normalized spacial score (nSPS) is 26.1. The highest BCUT2D eigenvalue weighted by molar-refractivity contribution is 5.97. The van der Waals surface area contributed by atoms with Crippen molar-refractivity contribution in [3.8, 4) is 23.1 Å². The zero-order valence-electron chi connectivity index (χ0n) is 21.9. The number of aliphatic hydroxyl groups is 1. The van der Waals surface area contributed by atoms with E-state index in [9.17, 15) is 22.7 Å². The fourth-order valence-corrected chi connectivity index (χ4v) is 5.66. The van der Waals surface area contributed by atoms with Gasteiger partial charge in [-0.15, -0.1) is 0 Å². The summed E-state index contributed by atoms with van der Waals surface area (Å²) >= 11 is 0. The Morgan fingerprint density at radius 3 is 2.62 bits per heavy atom. The fraction of sp³-hybridized carbons (Fsp3) is 0.500. The van der Waals surface area contributed by atoms with E-state index in [2.05, 4.69) is 20.3 Å². The van der Waals surface area contributed by atoms with Gasteiger partial charge in [0, 0.05) is 25.2 Å². The van der Waals surface area contributed by atoms with Crippen LogP contribution in [0.4, 0.5) is 33.5 Å². The maximum absolute atomic E-state index is 16.4. The van der Waals surface area contributed by atoms with Crippen molar-refractivity contribution in [2.75, 3.05) is 30.3 Å². The van der Waals surface area contributed by atoms with Gasteiger partial charge in [0.1, 0.15) is 39.9 Å². The predicted octanol–water partition coefficient (Wildman–Crippen LogP) is 3.73. The summed E-state index contributed by atoms with van der Waals surface area (Å²) in [7, 11) is 0. The van der Waals surface area contributed by atoms with Gasteiger partial charge in [0.2, 0.25) is 5.88 Å². The molecule has 214 valence electrons. The molecule has 2 aliphatic heterocycles. The molecule has 14 heteroatoms. The maximum Gasteiger partial charge on any atom is 0.417 e. The quantitative estimate of drug-likeness (QED) is 0.322. The number of fused-ring (bicyclic) bond motifs is 2. The van der Waals surface area contributed by atoms with Crippen molar-refractivity contribution in [1.82, 2.24) is 20.3 Å². The molecule has 4 N–H and O–H groups in total. The lowest BCUT2D eigenvalue weighted by Crippen LogP contribution is -2.57. The number of benzene rings is 1. The Bertz CT molecular complexity index is 1540. The summed E-state index contributed by atoms with van der Waals surface area (Å²) in [5, 5.41) is 13.6. The number of hydrogen-bond donors (Lipinski definition) is 3. The molecule has 0 bridgehead atoms. The van der Waals surface area contributed by atoms with E-state index in [0.717, 1.165) is 6.92 Å². The van der Waals surface area contributed by atoms with Gasteiger partial charge in [-0.25, -0.2) is 13.8 Å². The van der Waals surface area contributed by atoms with E-state index >= 15 is 4.39 Å². The molecule has 3 aromatic rings. The SMILES string of the molecule is Cc1c(F)c(N)cc(-c2nc3c4c(nc(O[C@]5(C)CC[C@@H]5O)nc4c2F)N2CCNC[C@H]2[C@H](C)O3)c1C(F)(F)F. The van der Waals surface area contributed by atoms with Crippen LogP contribution < -0.4 is 25.4 Å². The van der Waals surface area contributed by atoms with Gasteiger partial charge in [0.25, 0.3) is 0 Å². The van der Waals surface area contributed by atoms with Crippen LogP contribution in [0.3, 0.4) is 0 Å². The van der Waals surface area contributed by atoms with Gasteiger partial charge in [0.05, 0.1) is 23.4 Å². The van der Waals surface area contributed by atoms with Crippen molar-refractivity contribution < 1.29 is 36.5 Å². The monoisotopic (exact) mass is 566 g/mol. The number of pyridine rings is 1. The Morgan fingerprint density at radius 1 is 1.23 bits per heavy atom. The van der Waals surface area contributed by atoms with Crippen LogP contribution in [-0.4, -0.2) is 63.5 Å². The molecule has 4 atom stereocenters. The van der Waals surface area contributed by atoms with Crippen molar-refractivity contribution >= 4 is 22.4 Å². The maximum atomic E-state index is 16.4. The van der Waals surface area contributed by atoms with Crippen LogP contribution in [0.25, 0.3) is 22.2 Å². The molecule has 0 unspecified atom stereocenters. The number of rotatable bonds is 3. The molecule has 3 aliphatic rings. The number of hydrogen-bond acceptors (Lipinski definition) is 9. The number of piperazine rings is 1. The van der Waals surface area contributed by atoms with Crippen LogP contribution in [0.1, 0.15) is 37.8 Å². The summed E-state index contributed by atoms with van der Waals surface area (Å²) in [6.07, 6.45) is -5.38. The molecule has 2 aromatic heterocycles. The molecule has 1 aliphatic carbocycles. The lowest BCUT2D eigenvalue weighted by atomic mass is 9.78. The Kier molecular flexibility index (Phi) is 6.00. The van der Waals surface area contributed by atoms with E-state index in [1.165, 1.54) is 0 Å². The van der Waals surface area contributed by atoms with Gasteiger partial charge < -0.3 is 30.5 Å². The lowest BCUT2D eigenvalue weighted by molar-refractivity contribution is -0.137. The second kappa shape index (κ2) is 8.99. The van der Waals surface area contributed by atoms with Gasteiger partial charge in [-0.2, -0.15) is 23.1 Å². The van der Waals surface area contributed by atoms with Gasteiger partial charge in [0.15, 0.2) is 5.82 Å². The second-order valence-electron chi connectivity index (χ2n) is 10.7. The first-order valence-corrected chi connectivity index (χ1v) is 12.9. The molecule has 0 amide bonds. The molecule has 40 heavy (non-hydrogen) atoms. The molecule has 6 rings (SSSR count). The van der Waals surface area contributed by atoms with E-state index in [1.54, 1.807) is 13.8 Å². The minimum absolute atomic E-state index is 0.0736.